The van der Waals surface area contributed by atoms with Crippen molar-refractivity contribution in [3.8, 4) is 5.75 Å². The van der Waals surface area contributed by atoms with E-state index in [4.69, 9.17) is 9.15 Å². The van der Waals surface area contributed by atoms with Crippen molar-refractivity contribution in [2.45, 2.75) is 45.9 Å². The second-order valence-corrected chi connectivity index (χ2v) is 6.73. The summed E-state index contributed by atoms with van der Waals surface area (Å²) in [5.74, 6) is 1.50. The summed E-state index contributed by atoms with van der Waals surface area (Å²) in [6.45, 7) is 3.54. The van der Waals surface area contributed by atoms with Crippen LogP contribution < -0.4 is 10.1 Å². The summed E-state index contributed by atoms with van der Waals surface area (Å²) in [7, 11) is 0. The molecule has 3 aromatic rings. The summed E-state index contributed by atoms with van der Waals surface area (Å²) in [5, 5.41) is 7.03. The van der Waals surface area contributed by atoms with Gasteiger partial charge in [-0.2, -0.15) is 5.10 Å². The number of hydrogen-bond donors (Lipinski definition) is 1. The molecule has 0 spiro atoms. The van der Waals surface area contributed by atoms with Gasteiger partial charge >= 0.3 is 0 Å². The van der Waals surface area contributed by atoms with E-state index in [1.807, 2.05) is 23.9 Å². The Kier molecular flexibility index (Phi) is 4.96. The molecule has 0 atom stereocenters. The number of furan rings is 1. The number of aromatic nitrogens is 2. The standard InChI is InChI=1S/C21H23N3O3/c1-2-24-13-15(12-23-24)11-22-21(25)20-9-8-19(27-20)14-26-18-7-6-16-4-3-5-17(16)10-18/h6-10,12-13H,2-5,11,14H2,1H3,(H,22,25). The van der Waals surface area contributed by atoms with Crippen LogP contribution in [0.2, 0.25) is 0 Å². The molecule has 1 aliphatic carbocycles. The van der Waals surface area contributed by atoms with Gasteiger partial charge in [-0.25, -0.2) is 0 Å². The van der Waals surface area contributed by atoms with E-state index in [2.05, 4.69) is 22.5 Å². The minimum absolute atomic E-state index is 0.247. The summed E-state index contributed by atoms with van der Waals surface area (Å²) < 4.78 is 13.3. The molecule has 1 amide bonds. The topological polar surface area (TPSA) is 69.3 Å². The predicted molar refractivity (Wildman–Crippen MR) is 101 cm³/mol. The Bertz CT molecular complexity index is 942. The van der Waals surface area contributed by atoms with Gasteiger partial charge in [-0.1, -0.05) is 6.07 Å². The number of carbonyl (C=O) groups excluding carboxylic acids is 1. The van der Waals surface area contributed by atoms with Crippen molar-refractivity contribution in [2.24, 2.45) is 0 Å². The minimum Gasteiger partial charge on any atom is -0.486 e. The van der Waals surface area contributed by atoms with E-state index in [0.29, 0.717) is 18.9 Å². The molecule has 0 fully saturated rings. The Morgan fingerprint density at radius 3 is 3.00 bits per heavy atom. The molecule has 1 N–H and O–H groups in total. The number of ether oxygens (including phenoxy) is 1. The van der Waals surface area contributed by atoms with Crippen LogP contribution in [0.3, 0.4) is 0 Å². The van der Waals surface area contributed by atoms with Gasteiger partial charge in [0.1, 0.15) is 18.1 Å². The van der Waals surface area contributed by atoms with Crippen molar-refractivity contribution in [1.82, 2.24) is 15.1 Å². The van der Waals surface area contributed by atoms with Gasteiger partial charge < -0.3 is 14.5 Å². The van der Waals surface area contributed by atoms with Crippen LogP contribution in [0.4, 0.5) is 0 Å². The molecule has 2 aromatic heterocycles. The highest BCUT2D eigenvalue weighted by Crippen LogP contribution is 2.26. The van der Waals surface area contributed by atoms with E-state index < -0.39 is 0 Å². The van der Waals surface area contributed by atoms with Crippen LogP contribution in [0.1, 0.15) is 46.3 Å². The van der Waals surface area contributed by atoms with E-state index in [0.717, 1.165) is 30.7 Å². The summed E-state index contributed by atoms with van der Waals surface area (Å²) in [4.78, 5) is 12.2. The lowest BCUT2D eigenvalue weighted by Crippen LogP contribution is -2.22. The van der Waals surface area contributed by atoms with Crippen molar-refractivity contribution in [3.63, 3.8) is 0 Å². The summed E-state index contributed by atoms with van der Waals surface area (Å²) in [6, 6.07) is 9.69. The third-order valence-corrected chi connectivity index (χ3v) is 4.80. The number of rotatable bonds is 7. The maximum atomic E-state index is 12.2. The van der Waals surface area contributed by atoms with E-state index in [9.17, 15) is 4.79 Å². The van der Waals surface area contributed by atoms with Crippen molar-refractivity contribution in [3.05, 3.63) is 70.9 Å². The minimum atomic E-state index is -0.247. The van der Waals surface area contributed by atoms with Crippen molar-refractivity contribution >= 4 is 5.91 Å². The first-order chi connectivity index (χ1) is 13.2. The quantitative estimate of drug-likeness (QED) is 0.696. The van der Waals surface area contributed by atoms with Gasteiger partial charge in [-0.15, -0.1) is 0 Å². The Hall–Kier alpha value is -3.02. The molecule has 1 aliphatic rings. The molecule has 2 heterocycles. The van der Waals surface area contributed by atoms with Crippen LogP contribution in [0.15, 0.2) is 47.1 Å². The zero-order valence-electron chi connectivity index (χ0n) is 15.4. The van der Waals surface area contributed by atoms with E-state index in [1.54, 1.807) is 18.3 Å². The molecule has 0 aliphatic heterocycles. The second-order valence-electron chi connectivity index (χ2n) is 6.73. The zero-order chi connectivity index (χ0) is 18.6. The SMILES string of the molecule is CCn1cc(CNC(=O)c2ccc(COc3ccc4c(c3)CCC4)o2)cn1. The predicted octanol–water partition coefficient (Wildman–Crippen LogP) is 3.49. The molecule has 0 radical (unpaired) electrons. The number of hydrogen-bond acceptors (Lipinski definition) is 4. The average Bonchev–Trinajstić information content (AvgIpc) is 3.44. The molecule has 6 nitrogen and oxygen atoms in total. The van der Waals surface area contributed by atoms with Gasteiger partial charge in [0.25, 0.3) is 5.91 Å². The van der Waals surface area contributed by atoms with Crippen LogP contribution in [-0.4, -0.2) is 15.7 Å². The second kappa shape index (κ2) is 7.70. The van der Waals surface area contributed by atoms with Gasteiger partial charge in [-0.05, 0) is 61.6 Å². The molecule has 0 bridgehead atoms. The van der Waals surface area contributed by atoms with Crippen LogP contribution in [0.25, 0.3) is 0 Å². The molecule has 0 unspecified atom stereocenters. The lowest BCUT2D eigenvalue weighted by molar-refractivity contribution is 0.0919. The molecule has 27 heavy (non-hydrogen) atoms. The Morgan fingerprint density at radius 2 is 2.15 bits per heavy atom. The smallest absolute Gasteiger partial charge is 0.287 e. The number of amides is 1. The Morgan fingerprint density at radius 1 is 1.26 bits per heavy atom. The number of carbonyl (C=O) groups is 1. The maximum Gasteiger partial charge on any atom is 0.287 e. The molecule has 140 valence electrons. The van der Waals surface area contributed by atoms with Crippen molar-refractivity contribution in [1.29, 1.82) is 0 Å². The number of nitrogens with one attached hydrogen (secondary N) is 1. The average molecular weight is 365 g/mol. The van der Waals surface area contributed by atoms with Crippen LogP contribution in [-0.2, 0) is 32.5 Å². The third-order valence-electron chi connectivity index (χ3n) is 4.80. The van der Waals surface area contributed by atoms with Crippen molar-refractivity contribution < 1.29 is 13.9 Å². The van der Waals surface area contributed by atoms with E-state index in [-0.39, 0.29) is 11.7 Å². The Balaban J connectivity index is 1.30. The molecule has 0 saturated carbocycles. The van der Waals surface area contributed by atoms with Gasteiger partial charge in [-0.3, -0.25) is 9.48 Å². The summed E-state index contributed by atoms with van der Waals surface area (Å²) >= 11 is 0. The van der Waals surface area contributed by atoms with E-state index in [1.165, 1.54) is 17.5 Å². The maximum absolute atomic E-state index is 12.2. The fraction of sp³-hybridized carbons (Fsp3) is 0.333. The molecule has 4 rings (SSSR count). The van der Waals surface area contributed by atoms with Crippen molar-refractivity contribution in [2.75, 3.05) is 0 Å². The molecular formula is C21H23N3O3. The van der Waals surface area contributed by atoms with Gasteiger partial charge in [0.05, 0.1) is 6.20 Å². The third kappa shape index (κ3) is 4.05. The summed E-state index contributed by atoms with van der Waals surface area (Å²) in [5.41, 5.74) is 3.75. The zero-order valence-corrected chi connectivity index (χ0v) is 15.4. The number of aryl methyl sites for hydroxylation is 3. The highest BCUT2D eigenvalue weighted by molar-refractivity contribution is 5.91. The largest absolute Gasteiger partial charge is 0.486 e. The van der Waals surface area contributed by atoms with E-state index >= 15 is 0 Å². The first-order valence-electron chi connectivity index (χ1n) is 9.34. The lowest BCUT2D eigenvalue weighted by Gasteiger charge is -2.06. The normalized spacial score (nSPS) is 12.8. The highest BCUT2D eigenvalue weighted by Gasteiger charge is 2.13. The monoisotopic (exact) mass is 365 g/mol. The fourth-order valence-corrected chi connectivity index (χ4v) is 3.31. The summed E-state index contributed by atoms with van der Waals surface area (Å²) in [6.07, 6.45) is 7.16. The molecule has 1 aromatic carbocycles. The number of benzene rings is 1. The van der Waals surface area contributed by atoms with Gasteiger partial charge in [0, 0.05) is 24.8 Å². The van der Waals surface area contributed by atoms with Gasteiger partial charge in [0.2, 0.25) is 0 Å². The van der Waals surface area contributed by atoms with Crippen LogP contribution >= 0.6 is 0 Å². The lowest BCUT2D eigenvalue weighted by atomic mass is 10.1. The fourth-order valence-electron chi connectivity index (χ4n) is 3.31. The highest BCUT2D eigenvalue weighted by atomic mass is 16.5. The molecule has 0 saturated heterocycles. The Labute approximate surface area is 158 Å². The molecule has 6 heteroatoms. The molecular weight excluding hydrogens is 342 g/mol. The van der Waals surface area contributed by atoms with Gasteiger partial charge in [0.15, 0.2) is 5.76 Å². The van der Waals surface area contributed by atoms with Crippen LogP contribution in [0.5, 0.6) is 5.75 Å². The first kappa shape index (κ1) is 17.4. The van der Waals surface area contributed by atoms with Crippen LogP contribution in [0, 0.1) is 0 Å². The number of fused-ring (bicyclic) bond motifs is 1. The number of nitrogens with zero attached hydrogens (tertiary/aromatic N) is 2. The first-order valence-corrected chi connectivity index (χ1v) is 9.34.